The fourth-order valence-corrected chi connectivity index (χ4v) is 3.11. The van der Waals surface area contributed by atoms with Gasteiger partial charge in [-0.2, -0.15) is 0 Å². The highest BCUT2D eigenvalue weighted by molar-refractivity contribution is 9.10. The Morgan fingerprint density at radius 1 is 1.46 bits per heavy atom. The number of hydrogen-bond acceptors (Lipinski definition) is 4. The second kappa shape index (κ2) is 9.13. The van der Waals surface area contributed by atoms with Crippen LogP contribution in [-0.2, 0) is 14.3 Å². The summed E-state index contributed by atoms with van der Waals surface area (Å²) >= 11 is 3.18. The minimum atomic E-state index is -0.474. The van der Waals surface area contributed by atoms with E-state index in [1.165, 1.54) is 12.1 Å². The summed E-state index contributed by atoms with van der Waals surface area (Å²) < 4.78 is 19.4. The van der Waals surface area contributed by atoms with E-state index >= 15 is 0 Å². The second-order valence-corrected chi connectivity index (χ2v) is 6.73. The number of piperidine rings is 1. The van der Waals surface area contributed by atoms with Crippen LogP contribution in [0.4, 0.5) is 10.1 Å². The van der Waals surface area contributed by atoms with Crippen LogP contribution in [0.1, 0.15) is 26.2 Å². The minimum absolute atomic E-state index is 0.120. The van der Waals surface area contributed by atoms with Gasteiger partial charge in [-0.05, 0) is 44.5 Å². The van der Waals surface area contributed by atoms with Crippen molar-refractivity contribution in [3.63, 3.8) is 0 Å². The first-order valence-corrected chi connectivity index (χ1v) is 8.92. The minimum Gasteiger partial charge on any atom is -0.466 e. The van der Waals surface area contributed by atoms with Crippen LogP contribution in [0.15, 0.2) is 22.7 Å². The Morgan fingerprint density at radius 3 is 2.96 bits per heavy atom. The van der Waals surface area contributed by atoms with Crippen molar-refractivity contribution in [1.29, 1.82) is 0 Å². The molecule has 1 fully saturated rings. The topological polar surface area (TPSA) is 58.6 Å². The molecule has 1 aliphatic heterocycles. The molecule has 1 aromatic rings. The standard InChI is InChI=1S/C17H22BrFN2O3/c1-2-24-17(23)12-4-3-8-21(11-12)9-7-16(22)20-15-6-5-13(18)10-14(15)19/h5-6,10,12H,2-4,7-9,11H2,1H3,(H,20,22)/t12-/m1/s1. The number of ether oxygens (including phenoxy) is 1. The maximum Gasteiger partial charge on any atom is 0.310 e. The summed E-state index contributed by atoms with van der Waals surface area (Å²) in [5.74, 6) is -0.998. The molecular formula is C17H22BrFN2O3. The maximum atomic E-state index is 13.7. The second-order valence-electron chi connectivity index (χ2n) is 5.81. The van der Waals surface area contributed by atoms with E-state index in [2.05, 4.69) is 26.1 Å². The summed E-state index contributed by atoms with van der Waals surface area (Å²) in [7, 11) is 0. The van der Waals surface area contributed by atoms with E-state index in [9.17, 15) is 14.0 Å². The zero-order chi connectivity index (χ0) is 17.5. The van der Waals surface area contributed by atoms with E-state index < -0.39 is 5.82 Å². The van der Waals surface area contributed by atoms with E-state index in [0.717, 1.165) is 19.4 Å². The number of anilines is 1. The molecule has 1 saturated heterocycles. The molecule has 7 heteroatoms. The molecule has 0 saturated carbocycles. The first-order chi connectivity index (χ1) is 11.5. The largest absolute Gasteiger partial charge is 0.466 e. The summed E-state index contributed by atoms with van der Waals surface area (Å²) in [4.78, 5) is 25.9. The van der Waals surface area contributed by atoms with Crippen LogP contribution >= 0.6 is 15.9 Å². The fraction of sp³-hybridized carbons (Fsp3) is 0.529. The Bertz CT molecular complexity index is 597. The first-order valence-electron chi connectivity index (χ1n) is 8.13. The van der Waals surface area contributed by atoms with Crippen molar-refractivity contribution >= 4 is 33.5 Å². The Morgan fingerprint density at radius 2 is 2.25 bits per heavy atom. The SMILES string of the molecule is CCOC(=O)[C@@H]1CCCN(CCC(=O)Nc2ccc(Br)cc2F)C1. The van der Waals surface area contributed by atoms with E-state index in [1.54, 1.807) is 13.0 Å². The highest BCUT2D eigenvalue weighted by Crippen LogP contribution is 2.20. The Kier molecular flexibility index (Phi) is 7.17. The number of carbonyl (C=O) groups excluding carboxylic acids is 2. The summed E-state index contributed by atoms with van der Waals surface area (Å²) in [6, 6.07) is 4.51. The van der Waals surface area contributed by atoms with E-state index in [1.807, 2.05) is 0 Å². The molecule has 0 spiro atoms. The monoisotopic (exact) mass is 400 g/mol. The van der Waals surface area contributed by atoms with E-state index in [0.29, 0.717) is 24.2 Å². The predicted octanol–water partition coefficient (Wildman–Crippen LogP) is 3.19. The number of halogens is 2. The average molecular weight is 401 g/mol. The van der Waals surface area contributed by atoms with Gasteiger partial charge in [0, 0.05) is 24.0 Å². The van der Waals surface area contributed by atoms with Crippen LogP contribution < -0.4 is 5.32 Å². The normalized spacial score (nSPS) is 18.2. The van der Waals surface area contributed by atoms with Gasteiger partial charge in [-0.25, -0.2) is 4.39 Å². The number of esters is 1. The van der Waals surface area contributed by atoms with Crippen LogP contribution in [0, 0.1) is 11.7 Å². The Hall–Kier alpha value is -1.47. The van der Waals surface area contributed by atoms with Gasteiger partial charge in [0.1, 0.15) is 5.82 Å². The van der Waals surface area contributed by atoms with Crippen molar-refractivity contribution in [3.05, 3.63) is 28.5 Å². The quantitative estimate of drug-likeness (QED) is 0.744. The maximum absolute atomic E-state index is 13.7. The van der Waals surface area contributed by atoms with Gasteiger partial charge in [-0.1, -0.05) is 15.9 Å². The lowest BCUT2D eigenvalue weighted by Gasteiger charge is -2.31. The van der Waals surface area contributed by atoms with Crippen molar-refractivity contribution < 1.29 is 18.7 Å². The third kappa shape index (κ3) is 5.56. The lowest BCUT2D eigenvalue weighted by molar-refractivity contribution is -0.149. The molecule has 1 atom stereocenters. The van der Waals surface area contributed by atoms with Crippen LogP contribution in [0.5, 0.6) is 0 Å². The van der Waals surface area contributed by atoms with Crippen molar-refractivity contribution in [1.82, 2.24) is 4.90 Å². The molecule has 0 aliphatic carbocycles. The van der Waals surface area contributed by atoms with Crippen LogP contribution in [0.25, 0.3) is 0 Å². The zero-order valence-electron chi connectivity index (χ0n) is 13.7. The molecule has 1 N–H and O–H groups in total. The number of nitrogens with zero attached hydrogens (tertiary/aromatic N) is 1. The molecule has 1 heterocycles. The van der Waals surface area contributed by atoms with Crippen molar-refractivity contribution in [2.24, 2.45) is 5.92 Å². The van der Waals surface area contributed by atoms with Gasteiger partial charge in [-0.15, -0.1) is 0 Å². The van der Waals surface area contributed by atoms with E-state index in [-0.39, 0.29) is 29.9 Å². The molecule has 1 aliphatic rings. The van der Waals surface area contributed by atoms with Gasteiger partial charge < -0.3 is 15.0 Å². The molecule has 0 unspecified atom stereocenters. The van der Waals surface area contributed by atoms with Crippen LogP contribution in [0.2, 0.25) is 0 Å². The Labute approximate surface area is 149 Å². The lowest BCUT2D eigenvalue weighted by atomic mass is 9.98. The molecular weight excluding hydrogens is 379 g/mol. The van der Waals surface area contributed by atoms with Gasteiger partial charge in [0.15, 0.2) is 0 Å². The van der Waals surface area contributed by atoms with Gasteiger partial charge in [-0.3, -0.25) is 9.59 Å². The first kappa shape index (κ1) is 18.9. The van der Waals surface area contributed by atoms with Crippen LogP contribution in [-0.4, -0.2) is 43.0 Å². The third-order valence-corrected chi connectivity index (χ3v) is 4.48. The summed E-state index contributed by atoms with van der Waals surface area (Å²) in [5.41, 5.74) is 0.172. The average Bonchev–Trinajstić information content (AvgIpc) is 2.56. The number of amides is 1. The highest BCUT2D eigenvalue weighted by atomic mass is 79.9. The summed E-state index contributed by atoms with van der Waals surface area (Å²) in [5, 5.41) is 2.58. The van der Waals surface area contributed by atoms with E-state index in [4.69, 9.17) is 4.74 Å². The van der Waals surface area contributed by atoms with Gasteiger partial charge in [0.25, 0.3) is 0 Å². The molecule has 2 rings (SSSR count). The van der Waals surface area contributed by atoms with Crippen molar-refractivity contribution in [2.75, 3.05) is 31.6 Å². The number of hydrogen-bond donors (Lipinski definition) is 1. The van der Waals surface area contributed by atoms with Crippen molar-refractivity contribution in [3.8, 4) is 0 Å². The molecule has 1 aromatic carbocycles. The van der Waals surface area contributed by atoms with Gasteiger partial charge in [0.05, 0.1) is 18.2 Å². The number of benzene rings is 1. The third-order valence-electron chi connectivity index (χ3n) is 3.99. The molecule has 0 aromatic heterocycles. The number of rotatable bonds is 6. The molecule has 1 amide bonds. The molecule has 5 nitrogen and oxygen atoms in total. The van der Waals surface area contributed by atoms with Gasteiger partial charge in [0.2, 0.25) is 5.91 Å². The highest BCUT2D eigenvalue weighted by Gasteiger charge is 2.26. The van der Waals surface area contributed by atoms with Crippen molar-refractivity contribution in [2.45, 2.75) is 26.2 Å². The Balaban J connectivity index is 1.79. The summed E-state index contributed by atoms with van der Waals surface area (Å²) in [6.45, 7) is 4.19. The number of carbonyl (C=O) groups is 2. The predicted molar refractivity (Wildman–Crippen MR) is 93.1 cm³/mol. The molecule has 0 radical (unpaired) electrons. The number of nitrogens with one attached hydrogen (secondary N) is 1. The zero-order valence-corrected chi connectivity index (χ0v) is 15.3. The molecule has 0 bridgehead atoms. The van der Waals surface area contributed by atoms with Crippen LogP contribution in [0.3, 0.4) is 0 Å². The number of likely N-dealkylation sites (tertiary alicyclic amines) is 1. The smallest absolute Gasteiger partial charge is 0.310 e. The van der Waals surface area contributed by atoms with Gasteiger partial charge >= 0.3 is 5.97 Å². The lowest BCUT2D eigenvalue weighted by Crippen LogP contribution is -2.40. The summed E-state index contributed by atoms with van der Waals surface area (Å²) in [6.07, 6.45) is 1.99. The molecule has 24 heavy (non-hydrogen) atoms. The molecule has 132 valence electrons. The fourth-order valence-electron chi connectivity index (χ4n) is 2.77.